The summed E-state index contributed by atoms with van der Waals surface area (Å²) in [6.45, 7) is 7.46. The summed E-state index contributed by atoms with van der Waals surface area (Å²) in [6, 6.07) is 8.41. The van der Waals surface area contributed by atoms with Crippen LogP contribution in [0.3, 0.4) is 0 Å². The van der Waals surface area contributed by atoms with Crippen molar-refractivity contribution in [3.63, 3.8) is 0 Å². The first-order valence-corrected chi connectivity index (χ1v) is 6.78. The van der Waals surface area contributed by atoms with Crippen molar-refractivity contribution < 1.29 is 9.84 Å². The average molecular weight is 249 g/mol. The first-order chi connectivity index (χ1) is 8.72. The smallest absolute Gasteiger partial charge is 0.0629 e. The third-order valence-corrected chi connectivity index (χ3v) is 3.73. The maximum Gasteiger partial charge on any atom is 0.0629 e. The van der Waals surface area contributed by atoms with Crippen molar-refractivity contribution in [2.75, 3.05) is 31.2 Å². The summed E-state index contributed by atoms with van der Waals surface area (Å²) in [5, 5.41) is 10.0. The molecule has 0 bridgehead atoms. The summed E-state index contributed by atoms with van der Waals surface area (Å²) in [7, 11) is 0. The van der Waals surface area contributed by atoms with Crippen molar-refractivity contribution in [3.05, 3.63) is 29.8 Å². The van der Waals surface area contributed by atoms with Crippen LogP contribution in [0.25, 0.3) is 0 Å². The van der Waals surface area contributed by atoms with Crippen molar-refractivity contribution in [2.24, 2.45) is 5.92 Å². The Kier molecular flexibility index (Phi) is 4.61. The summed E-state index contributed by atoms with van der Waals surface area (Å²) < 4.78 is 5.48. The molecular weight excluding hydrogens is 226 g/mol. The van der Waals surface area contributed by atoms with E-state index in [0.29, 0.717) is 13.2 Å². The van der Waals surface area contributed by atoms with Gasteiger partial charge in [0.25, 0.3) is 0 Å². The van der Waals surface area contributed by atoms with Crippen LogP contribution in [0, 0.1) is 12.8 Å². The van der Waals surface area contributed by atoms with Crippen LogP contribution in [0.2, 0.25) is 0 Å². The summed E-state index contributed by atoms with van der Waals surface area (Å²) in [5.74, 6) is 0.221. The predicted octanol–water partition coefficient (Wildman–Crippen LogP) is 2.22. The largest absolute Gasteiger partial charge is 0.393 e. The monoisotopic (exact) mass is 249 g/mol. The lowest BCUT2D eigenvalue weighted by molar-refractivity contribution is -0.0322. The zero-order valence-electron chi connectivity index (χ0n) is 11.3. The maximum atomic E-state index is 10.0. The molecule has 0 aliphatic carbocycles. The van der Waals surface area contributed by atoms with Gasteiger partial charge in [0.1, 0.15) is 0 Å². The lowest BCUT2D eigenvalue weighted by Crippen LogP contribution is -2.41. The highest BCUT2D eigenvalue weighted by atomic mass is 16.5. The summed E-state index contributed by atoms with van der Waals surface area (Å²) in [4.78, 5) is 2.33. The van der Waals surface area contributed by atoms with Gasteiger partial charge in [0.15, 0.2) is 0 Å². The minimum Gasteiger partial charge on any atom is -0.393 e. The zero-order valence-corrected chi connectivity index (χ0v) is 11.3. The fourth-order valence-corrected chi connectivity index (χ4v) is 2.56. The van der Waals surface area contributed by atoms with E-state index in [1.165, 1.54) is 11.3 Å². The maximum absolute atomic E-state index is 10.0. The Morgan fingerprint density at radius 3 is 2.83 bits per heavy atom. The van der Waals surface area contributed by atoms with Gasteiger partial charge in [-0.1, -0.05) is 18.2 Å². The molecule has 1 aromatic rings. The molecule has 0 aromatic heterocycles. The van der Waals surface area contributed by atoms with Crippen molar-refractivity contribution in [2.45, 2.75) is 26.4 Å². The Balaban J connectivity index is 2.07. The van der Waals surface area contributed by atoms with Crippen LogP contribution in [-0.2, 0) is 4.74 Å². The van der Waals surface area contributed by atoms with Gasteiger partial charge < -0.3 is 14.7 Å². The van der Waals surface area contributed by atoms with Crippen LogP contribution >= 0.6 is 0 Å². The highest BCUT2D eigenvalue weighted by Crippen LogP contribution is 2.23. The summed E-state index contributed by atoms with van der Waals surface area (Å²) in [5.41, 5.74) is 2.54. The average Bonchev–Trinajstić information content (AvgIpc) is 2.39. The van der Waals surface area contributed by atoms with E-state index < -0.39 is 0 Å². The fraction of sp³-hybridized carbons (Fsp3) is 0.600. The van der Waals surface area contributed by atoms with Crippen molar-refractivity contribution in [3.8, 4) is 0 Å². The Morgan fingerprint density at radius 2 is 2.17 bits per heavy atom. The van der Waals surface area contributed by atoms with E-state index >= 15 is 0 Å². The topological polar surface area (TPSA) is 32.7 Å². The molecule has 0 saturated carbocycles. The second kappa shape index (κ2) is 6.21. The number of anilines is 1. The standard InChI is InChI=1S/C15H23NO2/c1-3-16(14-7-5-4-6-12(14)2)10-13-11-18-9-8-15(13)17/h4-7,13,15,17H,3,8-11H2,1-2H3. The van der Waals surface area contributed by atoms with Crippen molar-refractivity contribution in [1.29, 1.82) is 0 Å². The van der Waals surface area contributed by atoms with E-state index in [2.05, 4.69) is 43.0 Å². The van der Waals surface area contributed by atoms with Gasteiger partial charge in [-0.25, -0.2) is 0 Å². The number of para-hydroxylation sites is 1. The van der Waals surface area contributed by atoms with Crippen LogP contribution in [-0.4, -0.2) is 37.5 Å². The fourth-order valence-electron chi connectivity index (χ4n) is 2.56. The van der Waals surface area contributed by atoms with E-state index in [4.69, 9.17) is 4.74 Å². The Labute approximate surface area is 109 Å². The molecule has 100 valence electrons. The molecular formula is C15H23NO2. The van der Waals surface area contributed by atoms with Crippen LogP contribution < -0.4 is 4.90 Å². The van der Waals surface area contributed by atoms with Gasteiger partial charge in [-0.3, -0.25) is 0 Å². The van der Waals surface area contributed by atoms with Gasteiger partial charge in [-0.05, 0) is 31.9 Å². The third-order valence-electron chi connectivity index (χ3n) is 3.73. The zero-order chi connectivity index (χ0) is 13.0. The number of aliphatic hydroxyl groups is 1. The molecule has 1 aromatic carbocycles. The first-order valence-electron chi connectivity index (χ1n) is 6.78. The van der Waals surface area contributed by atoms with E-state index in [1.807, 2.05) is 0 Å². The molecule has 3 nitrogen and oxygen atoms in total. The van der Waals surface area contributed by atoms with Crippen molar-refractivity contribution >= 4 is 5.69 Å². The summed E-state index contributed by atoms with van der Waals surface area (Å²) in [6.07, 6.45) is 0.535. The van der Waals surface area contributed by atoms with Crippen molar-refractivity contribution in [1.82, 2.24) is 0 Å². The first kappa shape index (κ1) is 13.4. The molecule has 1 heterocycles. The molecule has 3 heteroatoms. The minimum absolute atomic E-state index is 0.221. The number of aryl methyl sites for hydroxylation is 1. The number of ether oxygens (including phenoxy) is 1. The molecule has 1 saturated heterocycles. The molecule has 1 fully saturated rings. The predicted molar refractivity (Wildman–Crippen MR) is 74.0 cm³/mol. The SMILES string of the molecule is CCN(CC1COCCC1O)c1ccccc1C. The molecule has 1 N–H and O–H groups in total. The molecule has 1 aliphatic rings. The van der Waals surface area contributed by atoms with Crippen LogP contribution in [0.1, 0.15) is 18.9 Å². The second-order valence-corrected chi connectivity index (χ2v) is 5.02. The molecule has 2 atom stereocenters. The van der Waals surface area contributed by atoms with E-state index in [9.17, 15) is 5.11 Å². The molecule has 0 amide bonds. The van der Waals surface area contributed by atoms with E-state index in [1.54, 1.807) is 0 Å². The molecule has 0 radical (unpaired) electrons. The van der Waals surface area contributed by atoms with E-state index in [0.717, 1.165) is 19.5 Å². The van der Waals surface area contributed by atoms with Gasteiger partial charge in [0, 0.05) is 31.3 Å². The molecule has 2 rings (SSSR count). The van der Waals surface area contributed by atoms with Crippen LogP contribution in [0.4, 0.5) is 5.69 Å². The number of rotatable bonds is 4. The normalized spacial score (nSPS) is 23.9. The Hall–Kier alpha value is -1.06. The quantitative estimate of drug-likeness (QED) is 0.888. The van der Waals surface area contributed by atoms with Gasteiger partial charge in [-0.15, -0.1) is 0 Å². The number of nitrogens with zero attached hydrogens (tertiary/aromatic N) is 1. The van der Waals surface area contributed by atoms with Crippen LogP contribution in [0.5, 0.6) is 0 Å². The van der Waals surface area contributed by atoms with E-state index in [-0.39, 0.29) is 12.0 Å². The Morgan fingerprint density at radius 1 is 1.39 bits per heavy atom. The summed E-state index contributed by atoms with van der Waals surface area (Å²) >= 11 is 0. The van der Waals surface area contributed by atoms with Crippen LogP contribution in [0.15, 0.2) is 24.3 Å². The number of aliphatic hydroxyl groups excluding tert-OH is 1. The number of benzene rings is 1. The highest BCUT2D eigenvalue weighted by molar-refractivity contribution is 5.52. The van der Waals surface area contributed by atoms with Gasteiger partial charge >= 0.3 is 0 Å². The molecule has 1 aliphatic heterocycles. The third kappa shape index (κ3) is 3.03. The lowest BCUT2D eigenvalue weighted by atomic mass is 9.97. The minimum atomic E-state index is -0.225. The molecule has 2 unspecified atom stereocenters. The van der Waals surface area contributed by atoms with Gasteiger partial charge in [-0.2, -0.15) is 0 Å². The number of hydrogen-bond acceptors (Lipinski definition) is 3. The highest BCUT2D eigenvalue weighted by Gasteiger charge is 2.25. The number of hydrogen-bond donors (Lipinski definition) is 1. The Bertz CT molecular complexity index is 381. The van der Waals surface area contributed by atoms with Gasteiger partial charge in [0.05, 0.1) is 12.7 Å². The second-order valence-electron chi connectivity index (χ2n) is 5.02. The molecule has 18 heavy (non-hydrogen) atoms. The lowest BCUT2D eigenvalue weighted by Gasteiger charge is -2.34. The van der Waals surface area contributed by atoms with Gasteiger partial charge in [0.2, 0.25) is 0 Å². The molecule has 0 spiro atoms.